The summed E-state index contributed by atoms with van der Waals surface area (Å²) in [5.41, 5.74) is -1.08. The summed E-state index contributed by atoms with van der Waals surface area (Å²) in [6, 6.07) is 3.72. The fourth-order valence-electron chi connectivity index (χ4n) is 2.58. The molecule has 1 aliphatic heterocycles. The van der Waals surface area contributed by atoms with Crippen molar-refractivity contribution in [3.63, 3.8) is 0 Å². The summed E-state index contributed by atoms with van der Waals surface area (Å²) < 4.78 is 0. The van der Waals surface area contributed by atoms with Crippen LogP contribution in [0.3, 0.4) is 0 Å². The van der Waals surface area contributed by atoms with Gasteiger partial charge in [-0.2, -0.15) is 0 Å². The standard InChI is InChI=1S/C14H20N2O3S/c1-10(9-11-5-3-8-20-11)15-13(19)16-7-4-6-14(16,2)12(17)18/h3,5,8,10H,4,6-7,9H2,1-2H3,(H,15,19)(H,17,18). The van der Waals surface area contributed by atoms with Gasteiger partial charge in [-0.25, -0.2) is 9.59 Å². The third-order valence-corrected chi connectivity index (χ3v) is 4.70. The Morgan fingerprint density at radius 1 is 1.60 bits per heavy atom. The minimum Gasteiger partial charge on any atom is -0.480 e. The van der Waals surface area contributed by atoms with E-state index in [9.17, 15) is 14.7 Å². The third-order valence-electron chi connectivity index (χ3n) is 3.80. The molecule has 1 fully saturated rings. The van der Waals surface area contributed by atoms with Crippen LogP contribution in [0.4, 0.5) is 4.79 Å². The summed E-state index contributed by atoms with van der Waals surface area (Å²) in [6.45, 7) is 4.05. The van der Waals surface area contributed by atoms with E-state index in [0.717, 1.165) is 12.8 Å². The topological polar surface area (TPSA) is 69.6 Å². The SMILES string of the molecule is CC(Cc1cccs1)NC(=O)N1CCCC1(C)C(=O)O. The summed E-state index contributed by atoms with van der Waals surface area (Å²) in [7, 11) is 0. The van der Waals surface area contributed by atoms with Crippen LogP contribution in [-0.4, -0.2) is 40.1 Å². The van der Waals surface area contributed by atoms with Gasteiger partial charge in [0.15, 0.2) is 0 Å². The second kappa shape index (κ2) is 5.83. The van der Waals surface area contributed by atoms with Gasteiger partial charge in [-0.3, -0.25) is 0 Å². The number of aliphatic carboxylic acids is 1. The first-order chi connectivity index (χ1) is 9.43. The van der Waals surface area contributed by atoms with E-state index in [-0.39, 0.29) is 12.1 Å². The molecule has 2 atom stereocenters. The number of thiophene rings is 1. The molecule has 2 unspecified atom stereocenters. The van der Waals surface area contributed by atoms with Crippen molar-refractivity contribution in [3.05, 3.63) is 22.4 Å². The van der Waals surface area contributed by atoms with Gasteiger partial charge in [0.2, 0.25) is 0 Å². The Morgan fingerprint density at radius 2 is 2.35 bits per heavy atom. The second-order valence-corrected chi connectivity index (χ2v) is 6.50. The number of likely N-dealkylation sites (tertiary alicyclic amines) is 1. The van der Waals surface area contributed by atoms with E-state index in [4.69, 9.17) is 0 Å². The Balaban J connectivity index is 1.96. The highest BCUT2D eigenvalue weighted by Gasteiger charge is 2.46. The molecule has 0 bridgehead atoms. The fourth-order valence-corrected chi connectivity index (χ4v) is 3.42. The number of carbonyl (C=O) groups is 2. The molecule has 0 radical (unpaired) electrons. The van der Waals surface area contributed by atoms with Gasteiger partial charge in [0.05, 0.1) is 0 Å². The van der Waals surface area contributed by atoms with Crippen LogP contribution in [0.1, 0.15) is 31.6 Å². The Hall–Kier alpha value is -1.56. The first-order valence-electron chi connectivity index (χ1n) is 6.77. The predicted molar refractivity (Wildman–Crippen MR) is 78.0 cm³/mol. The normalized spacial score (nSPS) is 23.6. The zero-order valence-corrected chi connectivity index (χ0v) is 12.6. The van der Waals surface area contributed by atoms with Crippen LogP contribution < -0.4 is 5.32 Å². The van der Waals surface area contributed by atoms with Crippen LogP contribution in [0.15, 0.2) is 17.5 Å². The number of rotatable bonds is 4. The van der Waals surface area contributed by atoms with Crippen molar-refractivity contribution in [2.45, 2.75) is 44.7 Å². The number of amides is 2. The summed E-state index contributed by atoms with van der Waals surface area (Å²) in [6.07, 6.45) is 2.01. The maximum absolute atomic E-state index is 12.3. The molecule has 2 N–H and O–H groups in total. The van der Waals surface area contributed by atoms with Crippen LogP contribution in [0, 0.1) is 0 Å². The largest absolute Gasteiger partial charge is 0.480 e. The minimum atomic E-state index is -1.08. The maximum Gasteiger partial charge on any atom is 0.329 e. The van der Waals surface area contributed by atoms with Gasteiger partial charge in [-0.15, -0.1) is 11.3 Å². The molecule has 1 aromatic rings. The van der Waals surface area contributed by atoms with Crippen LogP contribution in [-0.2, 0) is 11.2 Å². The Kier molecular flexibility index (Phi) is 4.32. The van der Waals surface area contributed by atoms with E-state index in [1.165, 1.54) is 9.78 Å². The lowest BCUT2D eigenvalue weighted by molar-refractivity contribution is -0.147. The summed E-state index contributed by atoms with van der Waals surface area (Å²) in [5.74, 6) is -0.934. The molecule has 2 heterocycles. The lowest BCUT2D eigenvalue weighted by atomic mass is 10.00. The predicted octanol–water partition coefficient (Wildman–Crippen LogP) is 2.33. The van der Waals surface area contributed by atoms with Gasteiger partial charge in [-0.05, 0) is 38.1 Å². The molecule has 2 rings (SSSR count). The fraction of sp³-hybridized carbons (Fsp3) is 0.571. The van der Waals surface area contributed by atoms with Crippen LogP contribution >= 0.6 is 11.3 Å². The third kappa shape index (κ3) is 2.95. The Morgan fingerprint density at radius 3 is 2.95 bits per heavy atom. The molecule has 0 aliphatic carbocycles. The molecular weight excluding hydrogens is 276 g/mol. The monoisotopic (exact) mass is 296 g/mol. The number of nitrogens with zero attached hydrogens (tertiary/aromatic N) is 1. The number of carbonyl (C=O) groups excluding carboxylic acids is 1. The van der Waals surface area contributed by atoms with Crippen LogP contribution in [0.25, 0.3) is 0 Å². The quantitative estimate of drug-likeness (QED) is 0.896. The smallest absolute Gasteiger partial charge is 0.329 e. The molecule has 0 aromatic carbocycles. The number of carboxylic acids is 1. The Bertz CT molecular complexity index is 489. The van der Waals surface area contributed by atoms with Gasteiger partial charge in [0.1, 0.15) is 5.54 Å². The molecule has 5 nitrogen and oxygen atoms in total. The van der Waals surface area contributed by atoms with Crippen molar-refractivity contribution >= 4 is 23.3 Å². The van der Waals surface area contributed by atoms with E-state index < -0.39 is 11.5 Å². The van der Waals surface area contributed by atoms with E-state index in [1.54, 1.807) is 18.3 Å². The summed E-state index contributed by atoms with van der Waals surface area (Å²) in [4.78, 5) is 26.3. The highest BCUT2D eigenvalue weighted by atomic mass is 32.1. The van der Waals surface area contributed by atoms with Crippen molar-refractivity contribution in [2.24, 2.45) is 0 Å². The van der Waals surface area contributed by atoms with Gasteiger partial charge in [0, 0.05) is 23.9 Å². The van der Waals surface area contributed by atoms with Crippen molar-refractivity contribution in [3.8, 4) is 0 Å². The number of carboxylic acid groups (broad SMARTS) is 1. The number of urea groups is 1. The first kappa shape index (κ1) is 14.8. The maximum atomic E-state index is 12.3. The molecule has 6 heteroatoms. The van der Waals surface area contributed by atoms with Crippen molar-refractivity contribution in [1.29, 1.82) is 0 Å². The average molecular weight is 296 g/mol. The van der Waals surface area contributed by atoms with Gasteiger partial charge >= 0.3 is 12.0 Å². The molecule has 2 amide bonds. The average Bonchev–Trinajstić information content (AvgIpc) is 2.98. The van der Waals surface area contributed by atoms with E-state index >= 15 is 0 Å². The van der Waals surface area contributed by atoms with E-state index in [2.05, 4.69) is 5.32 Å². The van der Waals surface area contributed by atoms with Gasteiger partial charge < -0.3 is 15.3 Å². The lowest BCUT2D eigenvalue weighted by Gasteiger charge is -2.32. The summed E-state index contributed by atoms with van der Waals surface area (Å²) >= 11 is 1.66. The number of hydrogen-bond donors (Lipinski definition) is 2. The van der Waals surface area contributed by atoms with Gasteiger partial charge in [0.25, 0.3) is 0 Å². The minimum absolute atomic E-state index is 0.0141. The van der Waals surface area contributed by atoms with Crippen molar-refractivity contribution < 1.29 is 14.7 Å². The molecule has 1 aromatic heterocycles. The van der Waals surface area contributed by atoms with Crippen molar-refractivity contribution in [1.82, 2.24) is 10.2 Å². The van der Waals surface area contributed by atoms with Crippen molar-refractivity contribution in [2.75, 3.05) is 6.54 Å². The second-order valence-electron chi connectivity index (χ2n) is 5.47. The van der Waals surface area contributed by atoms with E-state index in [1.807, 2.05) is 24.4 Å². The zero-order chi connectivity index (χ0) is 14.8. The van der Waals surface area contributed by atoms with Crippen LogP contribution in [0.2, 0.25) is 0 Å². The Labute approximate surface area is 122 Å². The summed E-state index contributed by atoms with van der Waals surface area (Å²) in [5, 5.41) is 14.2. The molecule has 0 saturated carbocycles. The molecule has 1 saturated heterocycles. The molecule has 1 aliphatic rings. The molecule has 20 heavy (non-hydrogen) atoms. The molecular formula is C14H20N2O3S. The first-order valence-corrected chi connectivity index (χ1v) is 7.65. The lowest BCUT2D eigenvalue weighted by Crippen LogP contribution is -2.55. The number of hydrogen-bond acceptors (Lipinski definition) is 3. The number of nitrogens with one attached hydrogen (secondary N) is 1. The van der Waals surface area contributed by atoms with E-state index in [0.29, 0.717) is 13.0 Å². The zero-order valence-electron chi connectivity index (χ0n) is 11.8. The highest BCUT2D eigenvalue weighted by Crippen LogP contribution is 2.29. The molecule has 110 valence electrons. The highest BCUT2D eigenvalue weighted by molar-refractivity contribution is 7.09. The van der Waals surface area contributed by atoms with Crippen LogP contribution in [0.5, 0.6) is 0 Å². The van der Waals surface area contributed by atoms with Gasteiger partial charge in [-0.1, -0.05) is 6.07 Å². The molecule has 0 spiro atoms.